The van der Waals surface area contributed by atoms with Gasteiger partial charge in [-0.05, 0) is 51.0 Å². The predicted octanol–water partition coefficient (Wildman–Crippen LogP) is 2.11. The molecule has 2 aliphatic carbocycles. The molecule has 20 heavy (non-hydrogen) atoms. The molecule has 3 fully saturated rings. The van der Waals surface area contributed by atoms with E-state index in [1.165, 1.54) is 19.3 Å². The van der Waals surface area contributed by atoms with Crippen molar-refractivity contribution in [2.75, 3.05) is 19.6 Å². The molecule has 1 N–H and O–H groups in total. The molecule has 0 amide bonds. The number of piperidine rings is 1. The van der Waals surface area contributed by atoms with Gasteiger partial charge in [-0.1, -0.05) is 19.3 Å². The van der Waals surface area contributed by atoms with Crippen molar-refractivity contribution in [2.45, 2.75) is 69.1 Å². The Morgan fingerprint density at radius 3 is 2.15 bits per heavy atom. The zero-order valence-corrected chi connectivity index (χ0v) is 13.2. The Balaban J connectivity index is 1.48. The molecular weight excluding hydrogens is 272 g/mol. The fourth-order valence-corrected chi connectivity index (χ4v) is 5.61. The zero-order chi connectivity index (χ0) is 14.0. The van der Waals surface area contributed by atoms with Crippen LogP contribution in [-0.4, -0.2) is 43.6 Å². The molecule has 5 heteroatoms. The van der Waals surface area contributed by atoms with Gasteiger partial charge < -0.3 is 5.32 Å². The molecule has 3 rings (SSSR count). The van der Waals surface area contributed by atoms with Crippen LogP contribution in [0.2, 0.25) is 0 Å². The summed E-state index contributed by atoms with van der Waals surface area (Å²) < 4.78 is 27.0. The van der Waals surface area contributed by atoms with E-state index in [9.17, 15) is 8.42 Å². The Labute approximate surface area is 123 Å². The molecule has 0 atom stereocenters. The van der Waals surface area contributed by atoms with Gasteiger partial charge in [-0.3, -0.25) is 0 Å². The van der Waals surface area contributed by atoms with Crippen molar-refractivity contribution in [3.8, 4) is 0 Å². The van der Waals surface area contributed by atoms with Gasteiger partial charge in [-0.15, -0.1) is 0 Å². The Morgan fingerprint density at radius 2 is 1.55 bits per heavy atom. The summed E-state index contributed by atoms with van der Waals surface area (Å²) in [5.74, 6) is 0.902. The van der Waals surface area contributed by atoms with Crippen LogP contribution in [-0.2, 0) is 10.0 Å². The normalized spacial score (nSPS) is 27.8. The van der Waals surface area contributed by atoms with Gasteiger partial charge in [-0.2, -0.15) is 0 Å². The van der Waals surface area contributed by atoms with Gasteiger partial charge in [0.15, 0.2) is 0 Å². The first-order chi connectivity index (χ1) is 9.66. The average molecular weight is 300 g/mol. The minimum absolute atomic E-state index is 0.0905. The number of hydrogen-bond acceptors (Lipinski definition) is 3. The van der Waals surface area contributed by atoms with Gasteiger partial charge >= 0.3 is 0 Å². The first-order valence-electron chi connectivity index (χ1n) is 8.38. The summed E-state index contributed by atoms with van der Waals surface area (Å²) >= 11 is 0. The van der Waals surface area contributed by atoms with Crippen molar-refractivity contribution in [1.82, 2.24) is 9.62 Å². The third-order valence-corrected chi connectivity index (χ3v) is 7.58. The molecule has 1 aliphatic heterocycles. The Hall–Kier alpha value is -0.130. The molecule has 0 aromatic carbocycles. The van der Waals surface area contributed by atoms with Gasteiger partial charge in [0.2, 0.25) is 10.0 Å². The van der Waals surface area contributed by atoms with Crippen LogP contribution in [0.15, 0.2) is 0 Å². The molecule has 0 aromatic rings. The smallest absolute Gasteiger partial charge is 0.216 e. The minimum Gasteiger partial charge on any atom is -0.314 e. The second kappa shape index (κ2) is 6.32. The van der Waals surface area contributed by atoms with E-state index < -0.39 is 10.0 Å². The summed E-state index contributed by atoms with van der Waals surface area (Å²) in [5.41, 5.74) is 0. The van der Waals surface area contributed by atoms with E-state index in [2.05, 4.69) is 5.32 Å². The Bertz CT molecular complexity index is 406. The van der Waals surface area contributed by atoms with Crippen LogP contribution in [0, 0.1) is 5.92 Å². The molecule has 1 saturated heterocycles. The van der Waals surface area contributed by atoms with Gasteiger partial charge in [0.1, 0.15) is 0 Å². The van der Waals surface area contributed by atoms with Crippen LogP contribution in [0.4, 0.5) is 0 Å². The molecule has 1 heterocycles. The van der Waals surface area contributed by atoms with Crippen molar-refractivity contribution in [3.05, 3.63) is 0 Å². The molecule has 3 aliphatic rings. The first-order valence-corrected chi connectivity index (χ1v) is 9.89. The SMILES string of the molecule is O=S(=O)(C1CCCCC1)N1CCC(NCC2CC2)CC1. The lowest BCUT2D eigenvalue weighted by Crippen LogP contribution is -2.48. The fraction of sp³-hybridized carbons (Fsp3) is 1.00. The highest BCUT2D eigenvalue weighted by molar-refractivity contribution is 7.89. The predicted molar refractivity (Wildman–Crippen MR) is 81.1 cm³/mol. The van der Waals surface area contributed by atoms with E-state index in [0.717, 1.165) is 64.1 Å². The summed E-state index contributed by atoms with van der Waals surface area (Å²) in [6.45, 7) is 2.59. The van der Waals surface area contributed by atoms with E-state index >= 15 is 0 Å². The second-order valence-electron chi connectivity index (χ2n) is 6.83. The van der Waals surface area contributed by atoms with Crippen LogP contribution >= 0.6 is 0 Å². The van der Waals surface area contributed by atoms with Gasteiger partial charge in [0, 0.05) is 19.1 Å². The largest absolute Gasteiger partial charge is 0.314 e. The fourth-order valence-electron chi connectivity index (χ4n) is 3.54. The van der Waals surface area contributed by atoms with E-state index in [0.29, 0.717) is 6.04 Å². The maximum absolute atomic E-state index is 12.6. The number of hydrogen-bond donors (Lipinski definition) is 1. The van der Waals surface area contributed by atoms with Gasteiger partial charge in [0.25, 0.3) is 0 Å². The lowest BCUT2D eigenvalue weighted by Gasteiger charge is -2.35. The molecular formula is C15H28N2O2S. The summed E-state index contributed by atoms with van der Waals surface area (Å²) in [5, 5.41) is 3.52. The van der Waals surface area contributed by atoms with E-state index in [1.54, 1.807) is 4.31 Å². The quantitative estimate of drug-likeness (QED) is 0.846. The number of sulfonamides is 1. The monoisotopic (exact) mass is 300 g/mol. The third kappa shape index (κ3) is 3.55. The first kappa shape index (κ1) is 14.8. The highest BCUT2D eigenvalue weighted by atomic mass is 32.2. The van der Waals surface area contributed by atoms with Crippen molar-refractivity contribution in [3.63, 3.8) is 0 Å². The molecule has 0 unspecified atom stereocenters. The van der Waals surface area contributed by atoms with Crippen LogP contribution in [0.3, 0.4) is 0 Å². The Kier molecular flexibility index (Phi) is 4.68. The van der Waals surface area contributed by atoms with Gasteiger partial charge in [-0.25, -0.2) is 12.7 Å². The topological polar surface area (TPSA) is 49.4 Å². The van der Waals surface area contributed by atoms with Crippen LogP contribution in [0.5, 0.6) is 0 Å². The molecule has 0 bridgehead atoms. The van der Waals surface area contributed by atoms with Crippen molar-refractivity contribution in [2.24, 2.45) is 5.92 Å². The standard InChI is InChI=1S/C15H28N2O2S/c18-20(19,15-4-2-1-3-5-15)17-10-8-14(9-11-17)16-12-13-6-7-13/h13-16H,1-12H2. The summed E-state index contributed by atoms with van der Waals surface area (Å²) in [6, 6.07) is 0.536. The van der Waals surface area contributed by atoms with Crippen LogP contribution < -0.4 is 5.32 Å². The number of nitrogens with one attached hydrogen (secondary N) is 1. The minimum atomic E-state index is -3.02. The van der Waals surface area contributed by atoms with E-state index in [4.69, 9.17) is 0 Å². The lowest BCUT2D eigenvalue weighted by atomic mass is 10.0. The maximum atomic E-state index is 12.6. The summed E-state index contributed by atoms with van der Waals surface area (Å²) in [6.07, 6.45) is 9.86. The molecule has 2 saturated carbocycles. The summed E-state index contributed by atoms with van der Waals surface area (Å²) in [7, 11) is -3.02. The van der Waals surface area contributed by atoms with Crippen molar-refractivity contribution >= 4 is 10.0 Å². The number of nitrogens with zero attached hydrogens (tertiary/aromatic N) is 1. The third-order valence-electron chi connectivity index (χ3n) is 5.18. The lowest BCUT2D eigenvalue weighted by molar-refractivity contribution is 0.282. The van der Waals surface area contributed by atoms with Gasteiger partial charge in [0.05, 0.1) is 5.25 Å². The van der Waals surface area contributed by atoms with E-state index in [-0.39, 0.29) is 5.25 Å². The highest BCUT2D eigenvalue weighted by Gasteiger charge is 2.35. The van der Waals surface area contributed by atoms with Crippen molar-refractivity contribution < 1.29 is 8.42 Å². The molecule has 0 aromatic heterocycles. The second-order valence-corrected chi connectivity index (χ2v) is 9.04. The van der Waals surface area contributed by atoms with E-state index in [1.807, 2.05) is 0 Å². The zero-order valence-electron chi connectivity index (χ0n) is 12.4. The summed E-state index contributed by atoms with van der Waals surface area (Å²) in [4.78, 5) is 0. The van der Waals surface area contributed by atoms with Crippen LogP contribution in [0.25, 0.3) is 0 Å². The average Bonchev–Trinajstić information content (AvgIpc) is 3.31. The van der Waals surface area contributed by atoms with Crippen LogP contribution in [0.1, 0.15) is 57.8 Å². The molecule has 116 valence electrons. The number of rotatable bonds is 5. The maximum Gasteiger partial charge on any atom is 0.216 e. The molecule has 0 radical (unpaired) electrons. The highest BCUT2D eigenvalue weighted by Crippen LogP contribution is 2.29. The van der Waals surface area contributed by atoms with Crippen molar-refractivity contribution in [1.29, 1.82) is 0 Å². The molecule has 0 spiro atoms. The molecule has 4 nitrogen and oxygen atoms in total. The Morgan fingerprint density at radius 1 is 0.900 bits per heavy atom.